The first-order valence-electron chi connectivity index (χ1n) is 4.70. The lowest BCUT2D eigenvalue weighted by Crippen LogP contribution is -2.16. The highest BCUT2D eigenvalue weighted by Gasteiger charge is 2.27. The Morgan fingerprint density at radius 1 is 1.57 bits per heavy atom. The Balaban J connectivity index is 2.29. The van der Waals surface area contributed by atoms with Crippen LogP contribution in [0.25, 0.3) is 0 Å². The Bertz CT molecular complexity index is 362. The standard InChI is InChI=1S/C11H13NO2/c1-12-7-8(6-11(13)14)9-4-2-3-5-10(9)12/h2-5,8H,6-7H2,1H3,(H,13,14)/t8-/m1/s1. The van der Waals surface area contributed by atoms with Gasteiger partial charge in [-0.25, -0.2) is 0 Å². The quantitative estimate of drug-likeness (QED) is 0.773. The van der Waals surface area contributed by atoms with E-state index in [1.165, 1.54) is 5.69 Å². The molecule has 1 aromatic carbocycles. The summed E-state index contributed by atoms with van der Waals surface area (Å²) in [5.74, 6) is -0.575. The number of likely N-dealkylation sites (N-methyl/N-ethyl adjacent to an activating group) is 1. The number of para-hydroxylation sites is 1. The Labute approximate surface area is 83.0 Å². The van der Waals surface area contributed by atoms with Gasteiger partial charge in [0.15, 0.2) is 0 Å². The molecule has 74 valence electrons. The van der Waals surface area contributed by atoms with Crippen molar-refractivity contribution in [3.8, 4) is 0 Å². The average Bonchev–Trinajstić information content (AvgIpc) is 2.44. The first-order chi connectivity index (χ1) is 6.68. The van der Waals surface area contributed by atoms with Crippen LogP contribution < -0.4 is 4.90 Å². The minimum atomic E-state index is -0.722. The van der Waals surface area contributed by atoms with Crippen LogP contribution in [0, 0.1) is 0 Å². The van der Waals surface area contributed by atoms with E-state index >= 15 is 0 Å². The summed E-state index contributed by atoms with van der Waals surface area (Å²) in [5.41, 5.74) is 2.33. The summed E-state index contributed by atoms with van der Waals surface area (Å²) in [4.78, 5) is 12.8. The zero-order valence-electron chi connectivity index (χ0n) is 8.10. The van der Waals surface area contributed by atoms with Gasteiger partial charge in [-0.1, -0.05) is 18.2 Å². The lowest BCUT2D eigenvalue weighted by molar-refractivity contribution is -0.137. The summed E-state index contributed by atoms with van der Waals surface area (Å²) in [7, 11) is 2.00. The molecule has 0 saturated carbocycles. The van der Waals surface area contributed by atoms with Crippen molar-refractivity contribution in [2.75, 3.05) is 18.5 Å². The second kappa shape index (κ2) is 3.33. The average molecular weight is 191 g/mol. The van der Waals surface area contributed by atoms with Crippen LogP contribution in [0.4, 0.5) is 5.69 Å². The molecule has 0 aliphatic carbocycles. The highest BCUT2D eigenvalue weighted by atomic mass is 16.4. The number of carboxylic acid groups (broad SMARTS) is 1. The fraction of sp³-hybridized carbons (Fsp3) is 0.364. The lowest BCUT2D eigenvalue weighted by Gasteiger charge is -2.11. The maximum atomic E-state index is 10.7. The van der Waals surface area contributed by atoms with E-state index in [9.17, 15) is 4.79 Å². The third-order valence-electron chi connectivity index (χ3n) is 2.70. The molecule has 1 N–H and O–H groups in total. The Morgan fingerprint density at radius 3 is 3.00 bits per heavy atom. The van der Waals surface area contributed by atoms with Crippen molar-refractivity contribution in [2.45, 2.75) is 12.3 Å². The van der Waals surface area contributed by atoms with Gasteiger partial charge in [0.25, 0.3) is 0 Å². The summed E-state index contributed by atoms with van der Waals surface area (Å²) in [6.07, 6.45) is 0.224. The summed E-state index contributed by atoms with van der Waals surface area (Å²) in [5, 5.41) is 8.77. The van der Waals surface area contributed by atoms with E-state index in [0.717, 1.165) is 12.1 Å². The molecule has 2 rings (SSSR count). The summed E-state index contributed by atoms with van der Waals surface area (Å²) >= 11 is 0. The summed E-state index contributed by atoms with van der Waals surface area (Å²) in [6, 6.07) is 8.01. The van der Waals surface area contributed by atoms with Gasteiger partial charge in [-0.2, -0.15) is 0 Å². The highest BCUT2D eigenvalue weighted by Crippen LogP contribution is 2.36. The molecular weight excluding hydrogens is 178 g/mol. The largest absolute Gasteiger partial charge is 0.481 e. The van der Waals surface area contributed by atoms with Crippen LogP contribution >= 0.6 is 0 Å². The van der Waals surface area contributed by atoms with Gasteiger partial charge in [0.2, 0.25) is 0 Å². The molecule has 1 atom stereocenters. The lowest BCUT2D eigenvalue weighted by atomic mass is 9.98. The van der Waals surface area contributed by atoms with E-state index in [2.05, 4.69) is 4.90 Å². The second-order valence-corrected chi connectivity index (χ2v) is 3.73. The third-order valence-corrected chi connectivity index (χ3v) is 2.70. The second-order valence-electron chi connectivity index (χ2n) is 3.73. The van der Waals surface area contributed by atoms with Crippen LogP contribution in [0.2, 0.25) is 0 Å². The van der Waals surface area contributed by atoms with Crippen LogP contribution in [-0.2, 0) is 4.79 Å². The van der Waals surface area contributed by atoms with E-state index in [1.807, 2.05) is 31.3 Å². The van der Waals surface area contributed by atoms with E-state index in [0.29, 0.717) is 0 Å². The number of benzene rings is 1. The molecule has 0 spiro atoms. The summed E-state index contributed by atoms with van der Waals surface area (Å²) in [6.45, 7) is 0.811. The molecule has 0 unspecified atom stereocenters. The molecule has 14 heavy (non-hydrogen) atoms. The maximum absolute atomic E-state index is 10.7. The fourth-order valence-corrected chi connectivity index (χ4v) is 2.09. The Kier molecular flexibility index (Phi) is 2.15. The number of anilines is 1. The molecule has 0 bridgehead atoms. The molecule has 1 aliphatic rings. The van der Waals surface area contributed by atoms with Gasteiger partial charge in [-0.15, -0.1) is 0 Å². The van der Waals surface area contributed by atoms with Gasteiger partial charge in [0.05, 0.1) is 6.42 Å². The van der Waals surface area contributed by atoms with Crippen LogP contribution in [-0.4, -0.2) is 24.7 Å². The molecule has 0 amide bonds. The number of aliphatic carboxylic acids is 1. The van der Waals surface area contributed by atoms with Crippen molar-refractivity contribution in [3.05, 3.63) is 29.8 Å². The SMILES string of the molecule is CN1C[C@@H](CC(=O)O)c2ccccc21. The topological polar surface area (TPSA) is 40.5 Å². The van der Waals surface area contributed by atoms with Gasteiger partial charge in [-0.3, -0.25) is 4.79 Å². The van der Waals surface area contributed by atoms with E-state index < -0.39 is 5.97 Å². The molecule has 1 aromatic rings. The Hall–Kier alpha value is -1.51. The maximum Gasteiger partial charge on any atom is 0.304 e. The first kappa shape index (κ1) is 9.06. The molecule has 0 aromatic heterocycles. The molecule has 3 heteroatoms. The molecule has 0 saturated heterocycles. The van der Waals surface area contributed by atoms with Crippen molar-refractivity contribution in [1.82, 2.24) is 0 Å². The van der Waals surface area contributed by atoms with E-state index in [1.54, 1.807) is 0 Å². The number of carboxylic acids is 1. The minimum Gasteiger partial charge on any atom is -0.481 e. The fourth-order valence-electron chi connectivity index (χ4n) is 2.09. The van der Waals surface area contributed by atoms with Crippen LogP contribution in [0.15, 0.2) is 24.3 Å². The first-order valence-corrected chi connectivity index (χ1v) is 4.70. The number of carbonyl (C=O) groups is 1. The van der Waals surface area contributed by atoms with Crippen molar-refractivity contribution >= 4 is 11.7 Å². The van der Waals surface area contributed by atoms with Crippen molar-refractivity contribution in [2.24, 2.45) is 0 Å². The zero-order valence-corrected chi connectivity index (χ0v) is 8.10. The smallest absolute Gasteiger partial charge is 0.304 e. The molecule has 1 heterocycles. The zero-order chi connectivity index (χ0) is 10.1. The predicted octanol–water partition coefficient (Wildman–Crippen LogP) is 1.69. The Morgan fingerprint density at radius 2 is 2.29 bits per heavy atom. The van der Waals surface area contributed by atoms with Gasteiger partial charge in [0.1, 0.15) is 0 Å². The molecule has 0 radical (unpaired) electrons. The summed E-state index contributed by atoms with van der Waals surface area (Å²) < 4.78 is 0. The molecular formula is C11H13NO2. The molecule has 3 nitrogen and oxygen atoms in total. The van der Waals surface area contributed by atoms with Crippen molar-refractivity contribution < 1.29 is 9.90 Å². The predicted molar refractivity (Wildman–Crippen MR) is 54.7 cm³/mol. The monoisotopic (exact) mass is 191 g/mol. The number of hydrogen-bond acceptors (Lipinski definition) is 2. The number of fused-ring (bicyclic) bond motifs is 1. The van der Waals surface area contributed by atoms with Crippen LogP contribution in [0.1, 0.15) is 17.9 Å². The number of hydrogen-bond donors (Lipinski definition) is 1. The highest BCUT2D eigenvalue weighted by molar-refractivity contribution is 5.71. The third kappa shape index (κ3) is 1.45. The van der Waals surface area contributed by atoms with Gasteiger partial charge in [0, 0.05) is 25.2 Å². The van der Waals surface area contributed by atoms with E-state index in [4.69, 9.17) is 5.11 Å². The number of nitrogens with zero attached hydrogens (tertiary/aromatic N) is 1. The van der Waals surface area contributed by atoms with Crippen molar-refractivity contribution in [1.29, 1.82) is 0 Å². The van der Waals surface area contributed by atoms with Crippen molar-refractivity contribution in [3.63, 3.8) is 0 Å². The van der Waals surface area contributed by atoms with E-state index in [-0.39, 0.29) is 12.3 Å². The molecule has 1 aliphatic heterocycles. The minimum absolute atomic E-state index is 0.147. The van der Waals surface area contributed by atoms with Crippen LogP contribution in [0.5, 0.6) is 0 Å². The van der Waals surface area contributed by atoms with Gasteiger partial charge >= 0.3 is 5.97 Å². The van der Waals surface area contributed by atoms with Crippen LogP contribution in [0.3, 0.4) is 0 Å². The van der Waals surface area contributed by atoms with Gasteiger partial charge in [-0.05, 0) is 11.6 Å². The molecule has 0 fully saturated rings. The normalized spacial score (nSPS) is 19.5. The van der Waals surface area contributed by atoms with Gasteiger partial charge < -0.3 is 10.0 Å². The number of rotatable bonds is 2.